The van der Waals surface area contributed by atoms with Crippen molar-refractivity contribution >= 4 is 23.4 Å². The van der Waals surface area contributed by atoms with Gasteiger partial charge in [0.2, 0.25) is 5.91 Å². The van der Waals surface area contributed by atoms with Gasteiger partial charge in [0.05, 0.1) is 0 Å². The SMILES string of the molecule is NC(=O)[C@H](Cc1ccccc1)NC(=O)c1ccc(Cl)cc1. The van der Waals surface area contributed by atoms with Crippen LogP contribution < -0.4 is 11.1 Å². The zero-order chi connectivity index (χ0) is 15.2. The number of nitrogens with one attached hydrogen (secondary N) is 1. The molecule has 0 radical (unpaired) electrons. The summed E-state index contributed by atoms with van der Waals surface area (Å²) in [5, 5.41) is 3.19. The smallest absolute Gasteiger partial charge is 0.251 e. The number of carbonyl (C=O) groups is 2. The predicted molar refractivity (Wildman–Crippen MR) is 82.0 cm³/mol. The summed E-state index contributed by atoms with van der Waals surface area (Å²) in [5.41, 5.74) is 6.72. The van der Waals surface area contributed by atoms with Gasteiger partial charge in [-0.1, -0.05) is 41.9 Å². The van der Waals surface area contributed by atoms with E-state index in [9.17, 15) is 9.59 Å². The van der Waals surface area contributed by atoms with Crippen molar-refractivity contribution in [2.45, 2.75) is 12.5 Å². The molecule has 0 saturated heterocycles. The van der Waals surface area contributed by atoms with Crippen LogP contribution in [-0.4, -0.2) is 17.9 Å². The van der Waals surface area contributed by atoms with Crippen molar-refractivity contribution in [1.29, 1.82) is 0 Å². The summed E-state index contributed by atoms with van der Waals surface area (Å²) in [4.78, 5) is 23.6. The highest BCUT2D eigenvalue weighted by molar-refractivity contribution is 6.30. The fourth-order valence-corrected chi connectivity index (χ4v) is 2.04. The first-order chi connectivity index (χ1) is 10.1. The maximum Gasteiger partial charge on any atom is 0.251 e. The minimum Gasteiger partial charge on any atom is -0.368 e. The molecule has 0 bridgehead atoms. The van der Waals surface area contributed by atoms with Crippen LogP contribution in [0.25, 0.3) is 0 Å². The Kier molecular flexibility index (Phi) is 4.95. The van der Waals surface area contributed by atoms with E-state index in [4.69, 9.17) is 17.3 Å². The predicted octanol–water partition coefficient (Wildman–Crippen LogP) is 2.17. The Morgan fingerprint density at radius 1 is 1.05 bits per heavy atom. The lowest BCUT2D eigenvalue weighted by atomic mass is 10.0. The molecular formula is C16H15ClN2O2. The Balaban J connectivity index is 2.07. The van der Waals surface area contributed by atoms with Gasteiger partial charge < -0.3 is 11.1 Å². The Bertz CT molecular complexity index is 626. The number of halogens is 1. The molecule has 2 aromatic carbocycles. The lowest BCUT2D eigenvalue weighted by Crippen LogP contribution is -2.45. The number of rotatable bonds is 5. The molecule has 4 nitrogen and oxygen atoms in total. The van der Waals surface area contributed by atoms with E-state index in [1.165, 1.54) is 0 Å². The number of hydrogen-bond donors (Lipinski definition) is 2. The van der Waals surface area contributed by atoms with E-state index in [0.717, 1.165) is 5.56 Å². The maximum atomic E-state index is 12.1. The van der Waals surface area contributed by atoms with Crippen molar-refractivity contribution < 1.29 is 9.59 Å². The van der Waals surface area contributed by atoms with Gasteiger partial charge in [0, 0.05) is 17.0 Å². The first kappa shape index (κ1) is 15.1. The van der Waals surface area contributed by atoms with E-state index in [2.05, 4.69) is 5.32 Å². The molecule has 0 aromatic heterocycles. The van der Waals surface area contributed by atoms with E-state index in [-0.39, 0.29) is 5.91 Å². The van der Waals surface area contributed by atoms with Crippen LogP contribution in [0.4, 0.5) is 0 Å². The van der Waals surface area contributed by atoms with Gasteiger partial charge in [0.25, 0.3) is 5.91 Å². The second kappa shape index (κ2) is 6.90. The molecule has 5 heteroatoms. The summed E-state index contributed by atoms with van der Waals surface area (Å²) < 4.78 is 0. The molecule has 3 N–H and O–H groups in total. The summed E-state index contributed by atoms with van der Waals surface area (Å²) in [6.45, 7) is 0. The molecule has 0 spiro atoms. The van der Waals surface area contributed by atoms with Gasteiger partial charge in [-0.15, -0.1) is 0 Å². The summed E-state index contributed by atoms with van der Waals surface area (Å²) in [6.07, 6.45) is 0.357. The molecule has 0 aliphatic heterocycles. The van der Waals surface area contributed by atoms with Crippen LogP contribution in [0.5, 0.6) is 0 Å². The molecule has 0 saturated carbocycles. The first-order valence-electron chi connectivity index (χ1n) is 6.46. The average molecular weight is 303 g/mol. The molecule has 0 aliphatic rings. The number of nitrogens with two attached hydrogens (primary N) is 1. The zero-order valence-corrected chi connectivity index (χ0v) is 12.0. The van der Waals surface area contributed by atoms with Gasteiger partial charge in [-0.3, -0.25) is 9.59 Å². The molecule has 2 aromatic rings. The Labute approximate surface area is 127 Å². The molecule has 0 aliphatic carbocycles. The largest absolute Gasteiger partial charge is 0.368 e. The van der Waals surface area contributed by atoms with Gasteiger partial charge in [-0.05, 0) is 29.8 Å². The first-order valence-corrected chi connectivity index (χ1v) is 6.84. The minimum atomic E-state index is -0.754. The molecule has 2 rings (SSSR count). The van der Waals surface area contributed by atoms with Crippen LogP contribution in [0.1, 0.15) is 15.9 Å². The van der Waals surface area contributed by atoms with Crippen molar-refractivity contribution in [3.8, 4) is 0 Å². The minimum absolute atomic E-state index is 0.355. The van der Waals surface area contributed by atoms with Crippen LogP contribution in [0.2, 0.25) is 5.02 Å². The van der Waals surface area contributed by atoms with E-state index < -0.39 is 11.9 Å². The van der Waals surface area contributed by atoms with Gasteiger partial charge >= 0.3 is 0 Å². The summed E-state index contributed by atoms with van der Waals surface area (Å²) in [6, 6.07) is 15.1. The fraction of sp³-hybridized carbons (Fsp3) is 0.125. The Morgan fingerprint density at radius 2 is 1.67 bits per heavy atom. The van der Waals surface area contributed by atoms with Crippen molar-refractivity contribution in [2.24, 2.45) is 5.73 Å². The number of primary amides is 1. The van der Waals surface area contributed by atoms with Gasteiger partial charge in [-0.2, -0.15) is 0 Å². The molecule has 2 amide bonds. The molecule has 108 valence electrons. The van der Waals surface area contributed by atoms with Crippen molar-refractivity contribution in [1.82, 2.24) is 5.32 Å². The number of carbonyl (C=O) groups excluding carboxylic acids is 2. The van der Waals surface area contributed by atoms with E-state index in [1.54, 1.807) is 24.3 Å². The zero-order valence-electron chi connectivity index (χ0n) is 11.3. The molecule has 0 unspecified atom stereocenters. The molecular weight excluding hydrogens is 288 g/mol. The van der Waals surface area contributed by atoms with E-state index in [0.29, 0.717) is 17.0 Å². The standard InChI is InChI=1S/C16H15ClN2O2/c17-13-8-6-12(7-9-13)16(21)19-14(15(18)20)10-11-4-2-1-3-5-11/h1-9,14H,10H2,(H2,18,20)(H,19,21)/t14-/m0/s1. The van der Waals surface area contributed by atoms with Crippen molar-refractivity contribution in [3.63, 3.8) is 0 Å². The average Bonchev–Trinajstić information content (AvgIpc) is 2.48. The quantitative estimate of drug-likeness (QED) is 0.888. The fourth-order valence-electron chi connectivity index (χ4n) is 1.92. The second-order valence-corrected chi connectivity index (χ2v) is 5.06. The summed E-state index contributed by atoms with van der Waals surface area (Å²) in [5.74, 6) is -0.924. The van der Waals surface area contributed by atoms with E-state index in [1.807, 2.05) is 30.3 Å². The van der Waals surface area contributed by atoms with Gasteiger partial charge in [-0.25, -0.2) is 0 Å². The van der Waals surface area contributed by atoms with Crippen molar-refractivity contribution in [2.75, 3.05) is 0 Å². The van der Waals surface area contributed by atoms with Crippen molar-refractivity contribution in [3.05, 3.63) is 70.7 Å². The van der Waals surface area contributed by atoms with Crippen LogP contribution in [0.3, 0.4) is 0 Å². The third-order valence-electron chi connectivity index (χ3n) is 3.04. The monoisotopic (exact) mass is 302 g/mol. The Hall–Kier alpha value is -2.33. The number of benzene rings is 2. The molecule has 21 heavy (non-hydrogen) atoms. The molecule has 0 fully saturated rings. The lowest BCUT2D eigenvalue weighted by Gasteiger charge is -2.15. The van der Waals surface area contributed by atoms with Crippen LogP contribution in [0.15, 0.2) is 54.6 Å². The lowest BCUT2D eigenvalue weighted by molar-refractivity contribution is -0.119. The molecule has 0 heterocycles. The van der Waals surface area contributed by atoms with Crippen LogP contribution in [0, 0.1) is 0 Å². The summed E-state index contributed by atoms with van der Waals surface area (Å²) in [7, 11) is 0. The third kappa shape index (κ3) is 4.33. The van der Waals surface area contributed by atoms with Gasteiger partial charge in [0.1, 0.15) is 6.04 Å². The maximum absolute atomic E-state index is 12.1. The highest BCUT2D eigenvalue weighted by Gasteiger charge is 2.19. The highest BCUT2D eigenvalue weighted by Crippen LogP contribution is 2.10. The van der Waals surface area contributed by atoms with E-state index >= 15 is 0 Å². The highest BCUT2D eigenvalue weighted by atomic mass is 35.5. The van der Waals surface area contributed by atoms with Gasteiger partial charge in [0.15, 0.2) is 0 Å². The number of hydrogen-bond acceptors (Lipinski definition) is 2. The van der Waals surface area contributed by atoms with Crippen LogP contribution >= 0.6 is 11.6 Å². The topological polar surface area (TPSA) is 72.2 Å². The summed E-state index contributed by atoms with van der Waals surface area (Å²) >= 11 is 5.77. The normalized spacial score (nSPS) is 11.7. The number of amides is 2. The molecule has 1 atom stereocenters. The third-order valence-corrected chi connectivity index (χ3v) is 3.29. The second-order valence-electron chi connectivity index (χ2n) is 4.63. The van der Waals surface area contributed by atoms with Crippen LogP contribution in [-0.2, 0) is 11.2 Å². The Morgan fingerprint density at radius 3 is 2.24 bits per heavy atom.